The highest BCUT2D eigenvalue weighted by Gasteiger charge is 2.27. The van der Waals surface area contributed by atoms with Gasteiger partial charge in [-0.25, -0.2) is 13.1 Å². The quantitative estimate of drug-likeness (QED) is 0.737. The van der Waals surface area contributed by atoms with Crippen molar-refractivity contribution in [3.63, 3.8) is 0 Å². The van der Waals surface area contributed by atoms with Crippen LogP contribution in [0, 0.1) is 13.8 Å². The molecule has 112 valence electrons. The van der Waals surface area contributed by atoms with Gasteiger partial charge in [0.05, 0.1) is 11.8 Å². The van der Waals surface area contributed by atoms with Crippen molar-refractivity contribution in [2.75, 3.05) is 5.73 Å². The van der Waals surface area contributed by atoms with Crippen LogP contribution in [-0.4, -0.2) is 25.7 Å². The zero-order valence-electron chi connectivity index (χ0n) is 11.9. The summed E-state index contributed by atoms with van der Waals surface area (Å²) < 4.78 is 27.8. The van der Waals surface area contributed by atoms with Crippen molar-refractivity contribution in [1.29, 1.82) is 0 Å². The minimum atomic E-state index is -3.62. The normalized spacial score (nSPS) is 23.8. The summed E-state index contributed by atoms with van der Waals surface area (Å²) in [5, 5.41) is 9.47. The molecule has 0 heterocycles. The zero-order chi connectivity index (χ0) is 14.9. The minimum absolute atomic E-state index is 0.122. The first kappa shape index (κ1) is 15.3. The maximum Gasteiger partial charge on any atom is 0.243 e. The van der Waals surface area contributed by atoms with E-state index in [2.05, 4.69) is 4.72 Å². The SMILES string of the molecule is Cc1ccc(C)c(S(=O)(=O)NC2CCC(O)CC2)c1N. The lowest BCUT2D eigenvalue weighted by molar-refractivity contribution is 0.120. The van der Waals surface area contributed by atoms with Gasteiger partial charge in [-0.2, -0.15) is 0 Å². The van der Waals surface area contributed by atoms with Crippen LogP contribution in [0.3, 0.4) is 0 Å². The molecule has 1 aromatic carbocycles. The van der Waals surface area contributed by atoms with Gasteiger partial charge in [0.1, 0.15) is 4.90 Å². The lowest BCUT2D eigenvalue weighted by Crippen LogP contribution is -2.39. The summed E-state index contributed by atoms with van der Waals surface area (Å²) in [5.74, 6) is 0. The van der Waals surface area contributed by atoms with Gasteiger partial charge in [-0.15, -0.1) is 0 Å². The Balaban J connectivity index is 2.25. The van der Waals surface area contributed by atoms with E-state index < -0.39 is 10.0 Å². The first-order chi connectivity index (χ1) is 9.31. The number of aliphatic hydroxyl groups is 1. The number of nitrogens with one attached hydrogen (secondary N) is 1. The van der Waals surface area contributed by atoms with Crippen molar-refractivity contribution in [1.82, 2.24) is 4.72 Å². The second-order valence-electron chi connectivity index (χ2n) is 5.57. The fraction of sp³-hybridized carbons (Fsp3) is 0.571. The number of aryl methyl sites for hydroxylation is 2. The molecule has 5 nitrogen and oxygen atoms in total. The van der Waals surface area contributed by atoms with Crippen LogP contribution in [0.4, 0.5) is 5.69 Å². The molecule has 6 heteroatoms. The number of anilines is 1. The molecular formula is C14H22N2O3S. The zero-order valence-corrected chi connectivity index (χ0v) is 12.7. The summed E-state index contributed by atoms with van der Waals surface area (Å²) in [7, 11) is -3.62. The van der Waals surface area contributed by atoms with Gasteiger partial charge >= 0.3 is 0 Å². The molecule has 0 amide bonds. The molecule has 0 saturated heterocycles. The molecule has 0 atom stereocenters. The Bertz CT molecular complexity index is 591. The van der Waals surface area contributed by atoms with Crippen LogP contribution in [0.1, 0.15) is 36.8 Å². The molecule has 0 aromatic heterocycles. The van der Waals surface area contributed by atoms with Gasteiger partial charge in [-0.3, -0.25) is 0 Å². The lowest BCUT2D eigenvalue weighted by Gasteiger charge is -2.26. The van der Waals surface area contributed by atoms with E-state index in [-0.39, 0.29) is 17.0 Å². The largest absolute Gasteiger partial charge is 0.397 e. The number of benzene rings is 1. The smallest absolute Gasteiger partial charge is 0.243 e. The molecule has 2 rings (SSSR count). The van der Waals surface area contributed by atoms with Crippen LogP contribution < -0.4 is 10.5 Å². The first-order valence-corrected chi connectivity index (χ1v) is 8.35. The Morgan fingerprint density at radius 2 is 1.70 bits per heavy atom. The standard InChI is InChI=1S/C14H22N2O3S/c1-9-3-4-10(2)14(13(9)15)20(18,19)16-11-5-7-12(17)8-6-11/h3-4,11-12,16-17H,5-8,15H2,1-2H3. The van der Waals surface area contributed by atoms with Crippen molar-refractivity contribution < 1.29 is 13.5 Å². The van der Waals surface area contributed by atoms with E-state index in [4.69, 9.17) is 5.73 Å². The maximum atomic E-state index is 12.5. The topological polar surface area (TPSA) is 92.4 Å². The highest BCUT2D eigenvalue weighted by molar-refractivity contribution is 7.89. The average molecular weight is 298 g/mol. The van der Waals surface area contributed by atoms with Crippen LogP contribution >= 0.6 is 0 Å². The molecule has 1 aliphatic rings. The van der Waals surface area contributed by atoms with Gasteiger partial charge in [0.25, 0.3) is 0 Å². The molecule has 0 radical (unpaired) electrons. The van der Waals surface area contributed by atoms with Gasteiger partial charge in [-0.05, 0) is 50.7 Å². The van der Waals surface area contributed by atoms with Crippen LogP contribution in [0.2, 0.25) is 0 Å². The molecule has 1 fully saturated rings. The van der Waals surface area contributed by atoms with Crippen LogP contribution in [0.15, 0.2) is 17.0 Å². The van der Waals surface area contributed by atoms with E-state index in [1.165, 1.54) is 0 Å². The van der Waals surface area contributed by atoms with Gasteiger partial charge in [0.15, 0.2) is 0 Å². The van der Waals surface area contributed by atoms with Crippen LogP contribution in [0.5, 0.6) is 0 Å². The summed E-state index contributed by atoms with van der Waals surface area (Å²) in [4.78, 5) is 0.184. The van der Waals surface area contributed by atoms with E-state index >= 15 is 0 Å². The molecule has 1 saturated carbocycles. The van der Waals surface area contributed by atoms with Gasteiger partial charge in [0.2, 0.25) is 10.0 Å². The molecule has 0 unspecified atom stereocenters. The highest BCUT2D eigenvalue weighted by atomic mass is 32.2. The van der Waals surface area contributed by atoms with Crippen molar-refractivity contribution >= 4 is 15.7 Å². The summed E-state index contributed by atoms with van der Waals surface area (Å²) >= 11 is 0. The fourth-order valence-electron chi connectivity index (χ4n) is 2.64. The van der Waals surface area contributed by atoms with E-state index in [9.17, 15) is 13.5 Å². The number of nitrogens with two attached hydrogens (primary N) is 1. The predicted molar refractivity (Wildman–Crippen MR) is 78.9 cm³/mol. The summed E-state index contributed by atoms with van der Waals surface area (Å²) in [5.41, 5.74) is 7.66. The van der Waals surface area contributed by atoms with E-state index in [1.807, 2.05) is 6.07 Å². The number of nitrogen functional groups attached to an aromatic ring is 1. The number of hydrogen-bond acceptors (Lipinski definition) is 4. The molecular weight excluding hydrogens is 276 g/mol. The van der Waals surface area contributed by atoms with E-state index in [0.717, 1.165) is 5.56 Å². The molecule has 0 bridgehead atoms. The minimum Gasteiger partial charge on any atom is -0.397 e. The first-order valence-electron chi connectivity index (χ1n) is 6.87. The number of sulfonamides is 1. The predicted octanol–water partition coefficient (Wildman–Crippen LogP) is 1.47. The Kier molecular flexibility index (Phi) is 4.36. The Hall–Kier alpha value is -1.11. The molecule has 1 aromatic rings. The van der Waals surface area contributed by atoms with Crippen molar-refractivity contribution in [3.8, 4) is 0 Å². The summed E-state index contributed by atoms with van der Waals surface area (Å²) in [6.07, 6.45) is 2.28. The maximum absolute atomic E-state index is 12.5. The van der Waals surface area contributed by atoms with Crippen LogP contribution in [0.25, 0.3) is 0 Å². The second-order valence-corrected chi connectivity index (χ2v) is 7.22. The van der Waals surface area contributed by atoms with Gasteiger partial charge < -0.3 is 10.8 Å². The number of aliphatic hydroxyl groups excluding tert-OH is 1. The molecule has 1 aliphatic carbocycles. The molecule has 0 spiro atoms. The third-order valence-corrected chi connectivity index (χ3v) is 5.62. The van der Waals surface area contributed by atoms with E-state index in [1.54, 1.807) is 19.9 Å². The van der Waals surface area contributed by atoms with Gasteiger partial charge in [-0.1, -0.05) is 12.1 Å². The number of rotatable bonds is 3. The fourth-order valence-corrected chi connectivity index (χ4v) is 4.37. The highest BCUT2D eigenvalue weighted by Crippen LogP contribution is 2.27. The second kappa shape index (κ2) is 5.71. The third-order valence-electron chi connectivity index (χ3n) is 3.90. The monoisotopic (exact) mass is 298 g/mol. The molecule has 20 heavy (non-hydrogen) atoms. The summed E-state index contributed by atoms with van der Waals surface area (Å²) in [6, 6.07) is 3.47. The Morgan fingerprint density at radius 3 is 2.30 bits per heavy atom. The molecule has 4 N–H and O–H groups in total. The van der Waals surface area contributed by atoms with Crippen molar-refractivity contribution in [2.45, 2.75) is 56.6 Å². The molecule has 0 aliphatic heterocycles. The Labute approximate surface area is 120 Å². The number of hydrogen-bond donors (Lipinski definition) is 3. The van der Waals surface area contributed by atoms with E-state index in [0.29, 0.717) is 36.9 Å². The third kappa shape index (κ3) is 3.13. The van der Waals surface area contributed by atoms with Crippen LogP contribution in [-0.2, 0) is 10.0 Å². The lowest BCUT2D eigenvalue weighted by atomic mass is 9.94. The van der Waals surface area contributed by atoms with Crippen molar-refractivity contribution in [2.24, 2.45) is 0 Å². The van der Waals surface area contributed by atoms with Crippen molar-refractivity contribution in [3.05, 3.63) is 23.3 Å². The van der Waals surface area contributed by atoms with Gasteiger partial charge in [0, 0.05) is 6.04 Å². The summed E-state index contributed by atoms with van der Waals surface area (Å²) in [6.45, 7) is 3.54. The Morgan fingerprint density at radius 1 is 1.15 bits per heavy atom. The average Bonchev–Trinajstić information content (AvgIpc) is 2.37.